The predicted molar refractivity (Wildman–Crippen MR) is 91.3 cm³/mol. The molecule has 2 saturated heterocycles. The highest BCUT2D eigenvalue weighted by molar-refractivity contribution is 6.01. The molecule has 4 nitrogen and oxygen atoms in total. The zero-order valence-electron chi connectivity index (χ0n) is 14.3. The number of imide groups is 1. The molecule has 2 heterocycles. The van der Waals surface area contributed by atoms with E-state index in [4.69, 9.17) is 0 Å². The number of piperidine rings is 2. The lowest BCUT2D eigenvalue weighted by atomic mass is 9.83. The van der Waals surface area contributed by atoms with Gasteiger partial charge in [0.05, 0.1) is 0 Å². The van der Waals surface area contributed by atoms with Crippen molar-refractivity contribution in [2.75, 3.05) is 25.0 Å². The van der Waals surface area contributed by atoms with E-state index < -0.39 is 0 Å². The number of hydrogen-bond donors (Lipinski definition) is 0. The summed E-state index contributed by atoms with van der Waals surface area (Å²) < 4.78 is 0. The fourth-order valence-corrected chi connectivity index (χ4v) is 6.25. The Kier molecular flexibility index (Phi) is 2.92. The molecule has 0 aromatic heterocycles. The zero-order valence-corrected chi connectivity index (χ0v) is 14.3. The molecule has 24 heavy (non-hydrogen) atoms. The van der Waals surface area contributed by atoms with E-state index in [1.54, 1.807) is 7.05 Å². The van der Waals surface area contributed by atoms with Crippen molar-refractivity contribution in [3.63, 3.8) is 0 Å². The Morgan fingerprint density at radius 1 is 0.875 bits per heavy atom. The third-order valence-corrected chi connectivity index (χ3v) is 7.18. The first kappa shape index (κ1) is 14.5. The van der Waals surface area contributed by atoms with Gasteiger partial charge in [-0.3, -0.25) is 14.5 Å². The van der Waals surface area contributed by atoms with E-state index in [0.717, 1.165) is 19.5 Å². The summed E-state index contributed by atoms with van der Waals surface area (Å²) in [5.74, 6) is 2.33. The van der Waals surface area contributed by atoms with Crippen LogP contribution in [0.1, 0.15) is 18.4 Å². The van der Waals surface area contributed by atoms with Crippen LogP contribution in [0.15, 0.2) is 24.3 Å². The number of fused-ring (bicyclic) bond motifs is 9. The number of carbonyl (C=O) groups is 2. The van der Waals surface area contributed by atoms with E-state index in [1.807, 2.05) is 0 Å². The molecule has 1 aromatic rings. The average molecular weight is 324 g/mol. The number of nitrogens with zero attached hydrogens (tertiary/aromatic N) is 2. The molecule has 126 valence electrons. The van der Waals surface area contributed by atoms with E-state index in [-0.39, 0.29) is 23.7 Å². The molecule has 2 saturated carbocycles. The quantitative estimate of drug-likeness (QED) is 0.588. The third-order valence-electron chi connectivity index (χ3n) is 7.18. The molecule has 4 heteroatoms. The molecule has 1 aromatic carbocycles. The summed E-state index contributed by atoms with van der Waals surface area (Å²) in [6, 6.07) is 8.76. The van der Waals surface area contributed by atoms with Gasteiger partial charge in [0.25, 0.3) is 0 Å². The first-order chi connectivity index (χ1) is 11.5. The SMILES string of the molecule is Cc1ccc(N2CC3CC(C2)C2C4CC(C(=O)N(C)C4=O)C32)cc1. The molecule has 0 N–H and O–H groups in total. The second kappa shape index (κ2) is 4.84. The van der Waals surface area contributed by atoms with Gasteiger partial charge in [0.15, 0.2) is 0 Å². The Morgan fingerprint density at radius 2 is 1.42 bits per heavy atom. The molecule has 0 spiro atoms. The van der Waals surface area contributed by atoms with Gasteiger partial charge in [-0.15, -0.1) is 0 Å². The fraction of sp³-hybridized carbons (Fsp3) is 0.600. The predicted octanol–water partition coefficient (Wildman–Crippen LogP) is 2.32. The van der Waals surface area contributed by atoms with E-state index in [9.17, 15) is 9.59 Å². The van der Waals surface area contributed by atoms with Crippen molar-refractivity contribution in [3.8, 4) is 0 Å². The van der Waals surface area contributed by atoms with Crippen molar-refractivity contribution in [1.29, 1.82) is 0 Å². The van der Waals surface area contributed by atoms with Gasteiger partial charge in [-0.1, -0.05) is 17.7 Å². The molecule has 2 aliphatic carbocycles. The topological polar surface area (TPSA) is 40.6 Å². The van der Waals surface area contributed by atoms with E-state index >= 15 is 0 Å². The standard InChI is InChI=1S/C20H24N2O2/c1-11-3-5-14(6-4-11)22-9-12-7-13(10-22)18-16-8-15(17(12)18)19(23)21(2)20(16)24/h3-6,12-13,15-18H,7-10H2,1-2H3. The molecule has 5 rings (SSSR count). The van der Waals surface area contributed by atoms with Crippen LogP contribution in [0.25, 0.3) is 0 Å². The Hall–Kier alpha value is -1.84. The van der Waals surface area contributed by atoms with E-state index in [0.29, 0.717) is 23.7 Å². The smallest absolute Gasteiger partial charge is 0.232 e. The molecule has 0 radical (unpaired) electrons. The van der Waals surface area contributed by atoms with Crippen LogP contribution in [-0.4, -0.2) is 36.9 Å². The number of benzene rings is 1. The number of rotatable bonds is 1. The number of anilines is 1. The second-order valence-corrected chi connectivity index (χ2v) is 8.34. The van der Waals surface area contributed by atoms with Crippen LogP contribution in [-0.2, 0) is 9.59 Å². The minimum atomic E-state index is 0.0817. The van der Waals surface area contributed by atoms with Crippen LogP contribution in [0.4, 0.5) is 5.69 Å². The first-order valence-corrected chi connectivity index (χ1v) is 9.17. The fourth-order valence-electron chi connectivity index (χ4n) is 6.25. The number of aryl methyl sites for hydroxylation is 1. The van der Waals surface area contributed by atoms with Crippen LogP contribution in [0, 0.1) is 42.4 Å². The summed E-state index contributed by atoms with van der Waals surface area (Å²) in [4.78, 5) is 29.1. The number of carbonyl (C=O) groups excluding carboxylic acids is 2. The van der Waals surface area contributed by atoms with Crippen LogP contribution < -0.4 is 4.90 Å². The van der Waals surface area contributed by atoms with Gasteiger partial charge < -0.3 is 4.90 Å². The highest BCUT2D eigenvalue weighted by Gasteiger charge is 2.63. The Labute approximate surface area is 142 Å². The number of hydrogen-bond acceptors (Lipinski definition) is 3. The largest absolute Gasteiger partial charge is 0.371 e. The molecular weight excluding hydrogens is 300 g/mol. The second-order valence-electron chi connectivity index (χ2n) is 8.34. The first-order valence-electron chi connectivity index (χ1n) is 9.17. The van der Waals surface area contributed by atoms with Crippen molar-refractivity contribution in [1.82, 2.24) is 4.90 Å². The van der Waals surface area contributed by atoms with Gasteiger partial charge in [0, 0.05) is 37.7 Å². The molecule has 2 amide bonds. The lowest BCUT2D eigenvalue weighted by Crippen LogP contribution is -2.47. The monoisotopic (exact) mass is 324 g/mol. The van der Waals surface area contributed by atoms with Crippen molar-refractivity contribution >= 4 is 17.5 Å². The Bertz CT molecular complexity index is 677. The van der Waals surface area contributed by atoms with Gasteiger partial charge in [-0.2, -0.15) is 0 Å². The van der Waals surface area contributed by atoms with Crippen molar-refractivity contribution < 1.29 is 9.59 Å². The van der Waals surface area contributed by atoms with Crippen LogP contribution in [0.2, 0.25) is 0 Å². The third kappa shape index (κ3) is 1.80. The van der Waals surface area contributed by atoms with Crippen LogP contribution in [0.3, 0.4) is 0 Å². The molecular formula is C20H24N2O2. The molecule has 4 fully saturated rings. The maximum atomic E-state index is 12.6. The van der Waals surface area contributed by atoms with Gasteiger partial charge in [-0.25, -0.2) is 0 Å². The van der Waals surface area contributed by atoms with Gasteiger partial charge in [0.1, 0.15) is 0 Å². The Morgan fingerprint density at radius 3 is 1.96 bits per heavy atom. The summed E-state index contributed by atoms with van der Waals surface area (Å²) >= 11 is 0. The van der Waals surface area contributed by atoms with Crippen LogP contribution in [0.5, 0.6) is 0 Å². The highest BCUT2D eigenvalue weighted by atomic mass is 16.2. The normalized spacial score (nSPS) is 40.2. The lowest BCUT2D eigenvalue weighted by molar-refractivity contribution is -0.152. The summed E-state index contributed by atoms with van der Waals surface area (Å²) in [6.45, 7) is 4.19. The van der Waals surface area contributed by atoms with Crippen molar-refractivity contribution in [2.45, 2.75) is 19.8 Å². The van der Waals surface area contributed by atoms with Crippen molar-refractivity contribution in [2.24, 2.45) is 35.5 Å². The van der Waals surface area contributed by atoms with Gasteiger partial charge in [-0.05, 0) is 55.6 Å². The minimum absolute atomic E-state index is 0.0817. The summed E-state index contributed by atoms with van der Waals surface area (Å²) in [7, 11) is 1.68. The molecule has 4 aliphatic rings. The maximum Gasteiger partial charge on any atom is 0.232 e. The molecule has 2 aliphatic heterocycles. The summed E-state index contributed by atoms with van der Waals surface area (Å²) in [5.41, 5.74) is 2.57. The Balaban J connectivity index is 1.47. The highest BCUT2D eigenvalue weighted by Crippen LogP contribution is 2.60. The van der Waals surface area contributed by atoms with Gasteiger partial charge in [0.2, 0.25) is 11.8 Å². The summed E-state index contributed by atoms with van der Waals surface area (Å²) in [5, 5.41) is 0. The lowest BCUT2D eigenvalue weighted by Gasteiger charge is -2.38. The van der Waals surface area contributed by atoms with E-state index in [2.05, 4.69) is 36.1 Å². The van der Waals surface area contributed by atoms with Crippen molar-refractivity contribution in [3.05, 3.63) is 29.8 Å². The van der Waals surface area contributed by atoms with E-state index in [1.165, 1.54) is 22.6 Å². The molecule has 6 unspecified atom stereocenters. The molecule has 6 atom stereocenters. The number of likely N-dealkylation sites (tertiary alicyclic amines) is 1. The average Bonchev–Trinajstić information content (AvgIpc) is 3.08. The molecule has 4 bridgehead atoms. The number of amides is 2. The summed E-state index contributed by atoms with van der Waals surface area (Å²) in [6.07, 6.45) is 2.02. The van der Waals surface area contributed by atoms with Crippen LogP contribution >= 0.6 is 0 Å². The maximum absolute atomic E-state index is 12.6. The zero-order chi connectivity index (χ0) is 16.6. The minimum Gasteiger partial charge on any atom is -0.371 e. The van der Waals surface area contributed by atoms with Gasteiger partial charge >= 0.3 is 0 Å².